The van der Waals surface area contributed by atoms with Gasteiger partial charge in [0.05, 0.1) is 28.6 Å². The number of ether oxygens (including phenoxy) is 1. The van der Waals surface area contributed by atoms with E-state index in [1.807, 2.05) is 37.4 Å². The van der Waals surface area contributed by atoms with Gasteiger partial charge in [0, 0.05) is 23.5 Å². The molecule has 166 valence electrons. The fraction of sp³-hybridized carbons (Fsp3) is 0.333. The smallest absolute Gasteiger partial charge is 0.308 e. The third-order valence-corrected chi connectivity index (χ3v) is 6.28. The van der Waals surface area contributed by atoms with Gasteiger partial charge < -0.3 is 21.5 Å². The summed E-state index contributed by atoms with van der Waals surface area (Å²) in [6, 6.07) is 0. The standard InChI is InChI=1S/C24H32N4O2S/c1-16(12-13-25)14-18(3)28-17(2)6-5-7-21(26)22-15-27-23(31-22)19-8-10-20(11-9-19)24(29)30-4/h5-7,12-15,19-20,28H,2-3,8-11,25-26H2,1,4H3/b6-5-,13-12-,16-14-,21-7-/t19-,20-. The lowest BCUT2D eigenvalue weighted by Gasteiger charge is -2.25. The molecular formula is C24H32N4O2S. The number of hydrogen-bond acceptors (Lipinski definition) is 7. The quantitative estimate of drug-likeness (QED) is 0.386. The summed E-state index contributed by atoms with van der Waals surface area (Å²) < 4.78 is 4.86. The highest BCUT2D eigenvalue weighted by molar-refractivity contribution is 7.12. The van der Waals surface area contributed by atoms with E-state index in [4.69, 9.17) is 16.2 Å². The first-order chi connectivity index (χ1) is 14.8. The Hall–Kier alpha value is -3.06. The van der Waals surface area contributed by atoms with Crippen LogP contribution in [-0.4, -0.2) is 18.1 Å². The molecule has 0 atom stereocenters. The van der Waals surface area contributed by atoms with E-state index >= 15 is 0 Å². The van der Waals surface area contributed by atoms with Crippen molar-refractivity contribution in [3.63, 3.8) is 0 Å². The summed E-state index contributed by atoms with van der Waals surface area (Å²) in [6.07, 6.45) is 16.1. The molecule has 2 rings (SSSR count). The number of esters is 1. The Morgan fingerprint density at radius 3 is 2.61 bits per heavy atom. The third-order valence-electron chi connectivity index (χ3n) is 5.07. The normalized spacial score (nSPS) is 20.2. The van der Waals surface area contributed by atoms with Crippen molar-refractivity contribution in [3.8, 4) is 0 Å². The molecule has 0 aromatic carbocycles. The fourth-order valence-electron chi connectivity index (χ4n) is 3.46. The van der Waals surface area contributed by atoms with Crippen LogP contribution < -0.4 is 16.8 Å². The molecular weight excluding hydrogens is 408 g/mol. The van der Waals surface area contributed by atoms with Gasteiger partial charge in [-0.2, -0.15) is 0 Å². The van der Waals surface area contributed by atoms with Crippen molar-refractivity contribution >= 4 is 23.0 Å². The van der Waals surface area contributed by atoms with Gasteiger partial charge in [-0.25, -0.2) is 4.98 Å². The molecule has 0 amide bonds. The SMILES string of the molecule is C=C(/C=C\C=C(/N)c1cnc([C@H]2CC[C@H](C(=O)OC)CC2)s1)NC(=C)/C=C(C)\C=C/N. The first kappa shape index (κ1) is 24.2. The van der Waals surface area contributed by atoms with E-state index in [1.54, 1.807) is 17.4 Å². The summed E-state index contributed by atoms with van der Waals surface area (Å²) >= 11 is 1.61. The summed E-state index contributed by atoms with van der Waals surface area (Å²) in [5, 5.41) is 4.18. The zero-order chi connectivity index (χ0) is 22.8. The minimum absolute atomic E-state index is 0.0186. The number of thiazole rings is 1. The molecule has 0 aliphatic heterocycles. The van der Waals surface area contributed by atoms with Crippen LogP contribution in [0.5, 0.6) is 0 Å². The molecule has 1 saturated carbocycles. The summed E-state index contributed by atoms with van der Waals surface area (Å²) in [5.41, 5.74) is 14.7. The minimum atomic E-state index is -0.101. The van der Waals surface area contributed by atoms with Gasteiger partial charge in [-0.3, -0.25) is 4.79 Å². The lowest BCUT2D eigenvalue weighted by Crippen LogP contribution is -2.22. The van der Waals surface area contributed by atoms with Crippen LogP contribution in [0.2, 0.25) is 0 Å². The second kappa shape index (κ2) is 12.0. The predicted octanol–water partition coefficient (Wildman–Crippen LogP) is 4.48. The molecule has 0 bridgehead atoms. The van der Waals surface area contributed by atoms with Gasteiger partial charge in [0.15, 0.2) is 0 Å². The second-order valence-corrected chi connectivity index (χ2v) is 8.60. The molecule has 0 radical (unpaired) electrons. The van der Waals surface area contributed by atoms with Crippen LogP contribution in [-0.2, 0) is 9.53 Å². The van der Waals surface area contributed by atoms with Gasteiger partial charge in [0.2, 0.25) is 0 Å². The topological polar surface area (TPSA) is 103 Å². The lowest BCUT2D eigenvalue weighted by atomic mass is 9.82. The molecule has 1 fully saturated rings. The minimum Gasteiger partial charge on any atom is -0.469 e. The first-order valence-corrected chi connectivity index (χ1v) is 11.0. The molecule has 5 N–H and O–H groups in total. The monoisotopic (exact) mass is 440 g/mol. The Balaban J connectivity index is 1.90. The molecule has 7 heteroatoms. The second-order valence-electron chi connectivity index (χ2n) is 7.54. The van der Waals surface area contributed by atoms with Gasteiger partial charge >= 0.3 is 5.97 Å². The summed E-state index contributed by atoms with van der Waals surface area (Å²) in [7, 11) is 1.45. The van der Waals surface area contributed by atoms with E-state index in [0.717, 1.165) is 46.8 Å². The number of rotatable bonds is 9. The molecule has 1 aliphatic carbocycles. The molecule has 0 unspecified atom stereocenters. The van der Waals surface area contributed by atoms with Crippen LogP contribution in [0.1, 0.15) is 48.4 Å². The highest BCUT2D eigenvalue weighted by Gasteiger charge is 2.29. The Morgan fingerprint density at radius 1 is 1.26 bits per heavy atom. The van der Waals surface area contributed by atoms with E-state index in [2.05, 4.69) is 23.5 Å². The summed E-state index contributed by atoms with van der Waals surface area (Å²) in [4.78, 5) is 17.2. The number of allylic oxidation sites excluding steroid dienone is 6. The van der Waals surface area contributed by atoms with Crippen LogP contribution >= 0.6 is 11.3 Å². The number of methoxy groups -OCH3 is 1. The van der Waals surface area contributed by atoms with Crippen LogP contribution in [0.3, 0.4) is 0 Å². The average molecular weight is 441 g/mol. The molecule has 1 aromatic heterocycles. The Morgan fingerprint density at radius 2 is 1.97 bits per heavy atom. The molecule has 1 heterocycles. The van der Waals surface area contributed by atoms with E-state index in [0.29, 0.717) is 17.3 Å². The summed E-state index contributed by atoms with van der Waals surface area (Å²) in [6.45, 7) is 9.85. The van der Waals surface area contributed by atoms with Crippen LogP contribution in [0.25, 0.3) is 5.70 Å². The van der Waals surface area contributed by atoms with E-state index in [9.17, 15) is 4.79 Å². The van der Waals surface area contributed by atoms with Crippen LogP contribution in [0.15, 0.2) is 72.9 Å². The fourth-order valence-corrected chi connectivity index (χ4v) is 4.49. The van der Waals surface area contributed by atoms with Crippen molar-refractivity contribution in [2.75, 3.05) is 7.11 Å². The van der Waals surface area contributed by atoms with Gasteiger partial charge in [0.1, 0.15) is 0 Å². The van der Waals surface area contributed by atoms with Gasteiger partial charge in [-0.15, -0.1) is 11.3 Å². The van der Waals surface area contributed by atoms with Gasteiger partial charge in [0.25, 0.3) is 0 Å². The third kappa shape index (κ3) is 7.61. The van der Waals surface area contributed by atoms with Crippen molar-refractivity contribution in [3.05, 3.63) is 82.8 Å². The molecule has 6 nitrogen and oxygen atoms in total. The number of hydrogen-bond donors (Lipinski definition) is 3. The van der Waals surface area contributed by atoms with Crippen LogP contribution in [0, 0.1) is 5.92 Å². The van der Waals surface area contributed by atoms with Gasteiger partial charge in [-0.05, 0) is 68.7 Å². The zero-order valence-corrected chi connectivity index (χ0v) is 19.1. The molecule has 1 aliphatic rings. The van der Waals surface area contributed by atoms with Crippen molar-refractivity contribution in [2.45, 2.75) is 38.5 Å². The zero-order valence-electron chi connectivity index (χ0n) is 18.3. The number of carbonyl (C=O) groups is 1. The predicted molar refractivity (Wildman–Crippen MR) is 129 cm³/mol. The average Bonchev–Trinajstić information content (AvgIpc) is 3.23. The van der Waals surface area contributed by atoms with E-state index < -0.39 is 0 Å². The first-order valence-electron chi connectivity index (χ1n) is 10.2. The van der Waals surface area contributed by atoms with Crippen molar-refractivity contribution in [1.29, 1.82) is 0 Å². The largest absolute Gasteiger partial charge is 0.469 e. The maximum Gasteiger partial charge on any atom is 0.308 e. The van der Waals surface area contributed by atoms with Gasteiger partial charge in [-0.1, -0.05) is 19.2 Å². The molecule has 1 aromatic rings. The van der Waals surface area contributed by atoms with E-state index in [-0.39, 0.29) is 11.9 Å². The van der Waals surface area contributed by atoms with Crippen LogP contribution in [0.4, 0.5) is 0 Å². The Kier molecular flexibility index (Phi) is 9.34. The highest BCUT2D eigenvalue weighted by atomic mass is 32.1. The number of nitrogens with two attached hydrogens (primary N) is 2. The highest BCUT2D eigenvalue weighted by Crippen LogP contribution is 2.38. The Labute approximate surface area is 188 Å². The lowest BCUT2D eigenvalue weighted by molar-refractivity contribution is -0.146. The molecule has 0 spiro atoms. The van der Waals surface area contributed by atoms with Crippen molar-refractivity contribution < 1.29 is 9.53 Å². The maximum atomic E-state index is 11.7. The van der Waals surface area contributed by atoms with E-state index in [1.165, 1.54) is 13.3 Å². The number of carbonyl (C=O) groups excluding carboxylic acids is 1. The number of nitrogens with one attached hydrogen (secondary N) is 1. The number of nitrogens with zero attached hydrogens (tertiary/aromatic N) is 1. The van der Waals surface area contributed by atoms with Crippen molar-refractivity contribution in [1.82, 2.24) is 10.3 Å². The molecule has 0 saturated heterocycles. The maximum absolute atomic E-state index is 11.7. The van der Waals surface area contributed by atoms with Crippen molar-refractivity contribution in [2.24, 2.45) is 17.4 Å². The molecule has 31 heavy (non-hydrogen) atoms. The number of aromatic nitrogens is 1. The Bertz CT molecular complexity index is 916. The summed E-state index contributed by atoms with van der Waals surface area (Å²) in [5.74, 6) is 0.296.